The van der Waals surface area contributed by atoms with Crippen molar-refractivity contribution in [1.82, 2.24) is 20.3 Å². The smallest absolute Gasteiger partial charge is 0.332 e. The predicted octanol–water partition coefficient (Wildman–Crippen LogP) is 2.37. The third-order valence-corrected chi connectivity index (χ3v) is 3.46. The number of carbonyl (C=O) groups excluding carboxylic acids is 1. The Bertz CT molecular complexity index is 891. The Kier molecular flexibility index (Phi) is 3.54. The Morgan fingerprint density at radius 3 is 2.91 bits per heavy atom. The van der Waals surface area contributed by atoms with E-state index < -0.39 is 0 Å². The van der Waals surface area contributed by atoms with Gasteiger partial charge < -0.3 is 5.32 Å². The summed E-state index contributed by atoms with van der Waals surface area (Å²) < 4.78 is 1.18. The van der Waals surface area contributed by atoms with E-state index in [2.05, 4.69) is 15.6 Å². The van der Waals surface area contributed by atoms with Crippen molar-refractivity contribution in [2.45, 2.75) is 13.5 Å². The van der Waals surface area contributed by atoms with E-state index in [0.717, 1.165) is 11.1 Å². The van der Waals surface area contributed by atoms with E-state index in [4.69, 9.17) is 5.26 Å². The van der Waals surface area contributed by atoms with Crippen molar-refractivity contribution in [2.24, 2.45) is 0 Å². The summed E-state index contributed by atoms with van der Waals surface area (Å²) in [6, 6.07) is 14.4. The Morgan fingerprint density at radius 2 is 2.14 bits per heavy atom. The van der Waals surface area contributed by atoms with Crippen LogP contribution in [-0.2, 0) is 6.54 Å². The summed E-state index contributed by atoms with van der Waals surface area (Å²) in [6.07, 6.45) is 0. The summed E-state index contributed by atoms with van der Waals surface area (Å²) >= 11 is 0. The molecule has 0 aliphatic rings. The summed E-state index contributed by atoms with van der Waals surface area (Å²) in [5, 5.41) is 19.5. The fraction of sp³-hybridized carbons (Fsp3) is 0.125. The molecule has 0 aliphatic carbocycles. The second kappa shape index (κ2) is 5.66. The number of nitriles is 1. The second-order valence-electron chi connectivity index (χ2n) is 4.90. The Morgan fingerprint density at radius 1 is 1.32 bits per heavy atom. The Balaban J connectivity index is 1.84. The van der Waals surface area contributed by atoms with E-state index in [9.17, 15) is 4.79 Å². The highest BCUT2D eigenvalue weighted by Crippen LogP contribution is 2.13. The Labute approximate surface area is 127 Å². The molecule has 1 amide bonds. The number of aromatic nitrogens is 3. The molecule has 22 heavy (non-hydrogen) atoms. The van der Waals surface area contributed by atoms with Crippen molar-refractivity contribution in [3.63, 3.8) is 0 Å². The zero-order valence-electron chi connectivity index (χ0n) is 11.9. The van der Waals surface area contributed by atoms with Gasteiger partial charge in [-0.3, -0.25) is 0 Å². The van der Waals surface area contributed by atoms with Gasteiger partial charge in [0.1, 0.15) is 11.0 Å². The number of fused-ring (bicyclic) bond motifs is 1. The van der Waals surface area contributed by atoms with Gasteiger partial charge >= 0.3 is 6.03 Å². The van der Waals surface area contributed by atoms with Gasteiger partial charge in [0.05, 0.1) is 11.6 Å². The van der Waals surface area contributed by atoms with Gasteiger partial charge in [0, 0.05) is 6.54 Å². The molecule has 0 saturated carbocycles. The lowest BCUT2D eigenvalue weighted by molar-refractivity contribution is 0.239. The molecule has 3 rings (SSSR count). The van der Waals surface area contributed by atoms with Gasteiger partial charge in [0.25, 0.3) is 0 Å². The molecule has 1 N–H and O–H groups in total. The minimum atomic E-state index is -0.374. The largest absolute Gasteiger partial charge is 0.344 e. The maximum atomic E-state index is 12.3. The average molecular weight is 291 g/mol. The first-order valence-corrected chi connectivity index (χ1v) is 6.77. The molecule has 0 radical (unpaired) electrons. The molecule has 6 heteroatoms. The molecule has 0 bridgehead atoms. The zero-order valence-corrected chi connectivity index (χ0v) is 11.9. The maximum Gasteiger partial charge on any atom is 0.344 e. The molecular formula is C16H13N5O. The standard InChI is InChI=1S/C16H13N5O/c1-11-4-2-3-5-13(11)10-18-16(22)21-15-8-12(9-17)6-7-14(15)19-20-21/h2-8H,10H2,1H3,(H,18,22). The predicted molar refractivity (Wildman–Crippen MR) is 81.1 cm³/mol. The van der Waals surface area contributed by atoms with Crippen molar-refractivity contribution in [1.29, 1.82) is 5.26 Å². The van der Waals surface area contributed by atoms with Gasteiger partial charge in [0.15, 0.2) is 0 Å². The highest BCUT2D eigenvalue weighted by Gasteiger charge is 2.12. The van der Waals surface area contributed by atoms with Crippen LogP contribution in [0.3, 0.4) is 0 Å². The van der Waals surface area contributed by atoms with Crippen molar-refractivity contribution in [3.05, 3.63) is 59.2 Å². The summed E-state index contributed by atoms with van der Waals surface area (Å²) in [6.45, 7) is 2.40. The fourth-order valence-electron chi connectivity index (χ4n) is 2.19. The van der Waals surface area contributed by atoms with Crippen LogP contribution >= 0.6 is 0 Å². The first kappa shape index (κ1) is 13.8. The SMILES string of the molecule is Cc1ccccc1CNC(=O)n1nnc2ccc(C#N)cc21. The summed E-state index contributed by atoms with van der Waals surface area (Å²) in [7, 11) is 0. The van der Waals surface area contributed by atoms with Gasteiger partial charge in [-0.25, -0.2) is 4.79 Å². The molecule has 0 aliphatic heterocycles. The van der Waals surface area contributed by atoms with Crippen molar-refractivity contribution >= 4 is 17.1 Å². The zero-order chi connectivity index (χ0) is 15.5. The van der Waals surface area contributed by atoms with E-state index in [1.807, 2.05) is 37.3 Å². The molecule has 0 atom stereocenters. The van der Waals surface area contributed by atoms with Crippen LogP contribution in [0, 0.1) is 18.3 Å². The van der Waals surface area contributed by atoms with Crippen molar-refractivity contribution < 1.29 is 4.79 Å². The number of hydrogen-bond donors (Lipinski definition) is 1. The summed E-state index contributed by atoms with van der Waals surface area (Å²) in [5.74, 6) is 0. The van der Waals surface area contributed by atoms with Crippen molar-refractivity contribution in [3.8, 4) is 6.07 Å². The second-order valence-corrected chi connectivity index (χ2v) is 4.90. The minimum Gasteiger partial charge on any atom is -0.332 e. The van der Waals surface area contributed by atoms with Crippen LogP contribution in [0.1, 0.15) is 16.7 Å². The maximum absolute atomic E-state index is 12.3. The van der Waals surface area contributed by atoms with Gasteiger partial charge in [-0.1, -0.05) is 29.5 Å². The van der Waals surface area contributed by atoms with Gasteiger partial charge in [-0.2, -0.15) is 9.94 Å². The topological polar surface area (TPSA) is 83.6 Å². The normalized spacial score (nSPS) is 10.4. The lowest BCUT2D eigenvalue weighted by atomic mass is 10.1. The highest BCUT2D eigenvalue weighted by atomic mass is 16.2. The molecule has 1 heterocycles. The van der Waals surface area contributed by atoms with Gasteiger partial charge in [0.2, 0.25) is 0 Å². The number of aryl methyl sites for hydroxylation is 1. The van der Waals surface area contributed by atoms with Gasteiger partial charge in [-0.15, -0.1) is 5.10 Å². The number of carbonyl (C=O) groups is 1. The monoisotopic (exact) mass is 291 g/mol. The molecule has 3 aromatic rings. The molecule has 2 aromatic carbocycles. The van der Waals surface area contributed by atoms with Crippen LogP contribution < -0.4 is 5.32 Å². The van der Waals surface area contributed by atoms with Crippen LogP contribution in [0.2, 0.25) is 0 Å². The number of benzene rings is 2. The number of hydrogen-bond acceptors (Lipinski definition) is 4. The molecule has 0 saturated heterocycles. The summed E-state index contributed by atoms with van der Waals surface area (Å²) in [5.41, 5.74) is 3.70. The third kappa shape index (κ3) is 2.52. The van der Waals surface area contributed by atoms with Gasteiger partial charge in [-0.05, 0) is 36.2 Å². The van der Waals surface area contributed by atoms with E-state index in [-0.39, 0.29) is 6.03 Å². The Hall–Kier alpha value is -3.20. The quantitative estimate of drug-likeness (QED) is 0.785. The molecule has 6 nitrogen and oxygen atoms in total. The number of amides is 1. The van der Waals surface area contributed by atoms with E-state index in [0.29, 0.717) is 23.1 Å². The number of nitrogens with zero attached hydrogens (tertiary/aromatic N) is 4. The minimum absolute atomic E-state index is 0.374. The van der Waals surface area contributed by atoms with Crippen LogP contribution in [0.15, 0.2) is 42.5 Å². The number of nitrogens with one attached hydrogen (secondary N) is 1. The number of rotatable bonds is 2. The fourth-order valence-corrected chi connectivity index (χ4v) is 2.19. The van der Waals surface area contributed by atoms with E-state index in [1.165, 1.54) is 4.68 Å². The molecular weight excluding hydrogens is 278 g/mol. The molecule has 0 fully saturated rings. The summed E-state index contributed by atoms with van der Waals surface area (Å²) in [4.78, 5) is 12.3. The van der Waals surface area contributed by atoms with Crippen LogP contribution in [0.5, 0.6) is 0 Å². The lowest BCUT2D eigenvalue weighted by Gasteiger charge is -2.07. The van der Waals surface area contributed by atoms with Crippen molar-refractivity contribution in [2.75, 3.05) is 0 Å². The van der Waals surface area contributed by atoms with E-state index >= 15 is 0 Å². The van der Waals surface area contributed by atoms with E-state index in [1.54, 1.807) is 18.2 Å². The lowest BCUT2D eigenvalue weighted by Crippen LogP contribution is -2.29. The molecule has 0 unspecified atom stereocenters. The highest BCUT2D eigenvalue weighted by molar-refractivity contribution is 5.88. The first-order chi connectivity index (χ1) is 10.7. The third-order valence-electron chi connectivity index (χ3n) is 3.46. The van der Waals surface area contributed by atoms with Crippen LogP contribution in [0.4, 0.5) is 4.79 Å². The van der Waals surface area contributed by atoms with Crippen LogP contribution in [0.25, 0.3) is 11.0 Å². The average Bonchev–Trinajstić information content (AvgIpc) is 2.96. The first-order valence-electron chi connectivity index (χ1n) is 6.77. The molecule has 108 valence electrons. The molecule has 0 spiro atoms. The molecule has 1 aromatic heterocycles. The van der Waals surface area contributed by atoms with Crippen LogP contribution in [-0.4, -0.2) is 21.0 Å².